The second-order valence-corrected chi connectivity index (χ2v) is 6.35. The SMILES string of the molecule is CCc1ccsc1C(=O)NCC(CC(=O)O)CC(C)C. The van der Waals surface area contributed by atoms with Gasteiger partial charge in [-0.25, -0.2) is 0 Å². The largest absolute Gasteiger partial charge is 0.481 e. The third-order valence-electron chi connectivity index (χ3n) is 3.15. The minimum Gasteiger partial charge on any atom is -0.481 e. The van der Waals surface area contributed by atoms with Gasteiger partial charge in [-0.05, 0) is 41.7 Å². The van der Waals surface area contributed by atoms with Gasteiger partial charge in [0.25, 0.3) is 5.91 Å². The summed E-state index contributed by atoms with van der Waals surface area (Å²) in [5.41, 5.74) is 1.05. The molecule has 1 aromatic heterocycles. The van der Waals surface area contributed by atoms with Gasteiger partial charge >= 0.3 is 5.97 Å². The predicted octanol–water partition coefficient (Wildman–Crippen LogP) is 3.18. The first kappa shape index (κ1) is 16.7. The summed E-state index contributed by atoms with van der Waals surface area (Å²) in [5.74, 6) is -0.489. The van der Waals surface area contributed by atoms with Gasteiger partial charge in [0.2, 0.25) is 0 Å². The fourth-order valence-electron chi connectivity index (χ4n) is 2.28. The molecule has 0 aliphatic heterocycles. The van der Waals surface area contributed by atoms with Crippen molar-refractivity contribution in [3.05, 3.63) is 21.9 Å². The molecule has 0 aliphatic rings. The summed E-state index contributed by atoms with van der Waals surface area (Å²) in [4.78, 5) is 23.7. The molecule has 4 nitrogen and oxygen atoms in total. The summed E-state index contributed by atoms with van der Waals surface area (Å²) in [7, 11) is 0. The molecule has 0 saturated heterocycles. The fourth-order valence-corrected chi connectivity index (χ4v) is 3.19. The predicted molar refractivity (Wildman–Crippen MR) is 81.2 cm³/mol. The van der Waals surface area contributed by atoms with E-state index in [9.17, 15) is 9.59 Å². The smallest absolute Gasteiger partial charge is 0.303 e. The summed E-state index contributed by atoms with van der Waals surface area (Å²) < 4.78 is 0. The Bertz CT molecular complexity index is 454. The van der Waals surface area contributed by atoms with Crippen molar-refractivity contribution >= 4 is 23.2 Å². The third-order valence-corrected chi connectivity index (χ3v) is 4.11. The van der Waals surface area contributed by atoms with Crippen molar-refractivity contribution in [3.63, 3.8) is 0 Å². The Morgan fingerprint density at radius 1 is 1.40 bits per heavy atom. The third kappa shape index (κ3) is 5.33. The molecule has 0 aliphatic carbocycles. The molecule has 0 spiro atoms. The fraction of sp³-hybridized carbons (Fsp3) is 0.600. The average Bonchev–Trinajstić information content (AvgIpc) is 2.82. The molecule has 0 bridgehead atoms. The lowest BCUT2D eigenvalue weighted by atomic mass is 9.94. The van der Waals surface area contributed by atoms with Crippen LogP contribution in [0.1, 0.15) is 48.8 Å². The van der Waals surface area contributed by atoms with Crippen LogP contribution < -0.4 is 5.32 Å². The first-order valence-electron chi connectivity index (χ1n) is 7.00. The minimum absolute atomic E-state index is 0.0125. The zero-order valence-electron chi connectivity index (χ0n) is 12.3. The van der Waals surface area contributed by atoms with Crippen LogP contribution in [0, 0.1) is 11.8 Å². The first-order valence-corrected chi connectivity index (χ1v) is 7.88. The number of thiophene rings is 1. The number of rotatable bonds is 8. The number of nitrogens with one attached hydrogen (secondary N) is 1. The van der Waals surface area contributed by atoms with Crippen LogP contribution in [0.3, 0.4) is 0 Å². The Morgan fingerprint density at radius 3 is 2.65 bits per heavy atom. The second-order valence-electron chi connectivity index (χ2n) is 5.43. The van der Waals surface area contributed by atoms with Crippen molar-refractivity contribution in [3.8, 4) is 0 Å². The molecule has 0 fully saturated rings. The van der Waals surface area contributed by atoms with Gasteiger partial charge in [-0.1, -0.05) is 20.8 Å². The lowest BCUT2D eigenvalue weighted by molar-refractivity contribution is -0.138. The number of carbonyl (C=O) groups is 2. The van der Waals surface area contributed by atoms with Crippen molar-refractivity contribution in [1.82, 2.24) is 5.32 Å². The van der Waals surface area contributed by atoms with Gasteiger partial charge in [0.05, 0.1) is 4.88 Å². The van der Waals surface area contributed by atoms with Crippen LogP contribution in [-0.4, -0.2) is 23.5 Å². The van der Waals surface area contributed by atoms with E-state index in [1.807, 2.05) is 18.4 Å². The highest BCUT2D eigenvalue weighted by Crippen LogP contribution is 2.18. The average molecular weight is 297 g/mol. The molecule has 0 aromatic carbocycles. The zero-order valence-corrected chi connectivity index (χ0v) is 13.1. The monoisotopic (exact) mass is 297 g/mol. The quantitative estimate of drug-likeness (QED) is 0.774. The van der Waals surface area contributed by atoms with E-state index in [0.29, 0.717) is 12.5 Å². The molecular weight excluding hydrogens is 274 g/mol. The van der Waals surface area contributed by atoms with Gasteiger partial charge < -0.3 is 10.4 Å². The number of hydrogen-bond acceptors (Lipinski definition) is 3. The number of carboxylic acid groups (broad SMARTS) is 1. The Morgan fingerprint density at radius 2 is 2.10 bits per heavy atom. The highest BCUT2D eigenvalue weighted by Gasteiger charge is 2.18. The van der Waals surface area contributed by atoms with Gasteiger partial charge in [0, 0.05) is 13.0 Å². The number of aryl methyl sites for hydroxylation is 1. The molecule has 0 saturated carbocycles. The standard InChI is InChI=1S/C15H23NO3S/c1-4-12-5-6-20-14(12)15(19)16-9-11(7-10(2)3)8-13(17)18/h5-6,10-11H,4,7-9H2,1-3H3,(H,16,19)(H,17,18). The normalized spacial score (nSPS) is 12.4. The van der Waals surface area contributed by atoms with E-state index < -0.39 is 5.97 Å². The molecule has 112 valence electrons. The highest BCUT2D eigenvalue weighted by atomic mass is 32.1. The minimum atomic E-state index is -0.810. The van der Waals surface area contributed by atoms with E-state index in [2.05, 4.69) is 19.2 Å². The van der Waals surface area contributed by atoms with Crippen LogP contribution in [0.4, 0.5) is 0 Å². The van der Waals surface area contributed by atoms with E-state index in [4.69, 9.17) is 5.11 Å². The van der Waals surface area contributed by atoms with Gasteiger partial charge in [0.15, 0.2) is 0 Å². The molecule has 1 aromatic rings. The summed E-state index contributed by atoms with van der Waals surface area (Å²) in [6, 6.07) is 1.96. The van der Waals surface area contributed by atoms with Crippen LogP contribution in [0.2, 0.25) is 0 Å². The number of amides is 1. The topological polar surface area (TPSA) is 66.4 Å². The molecule has 2 N–H and O–H groups in total. The number of aliphatic carboxylic acids is 1. The maximum atomic E-state index is 12.1. The van der Waals surface area contributed by atoms with E-state index >= 15 is 0 Å². The molecule has 1 rings (SSSR count). The molecule has 0 radical (unpaired) electrons. The number of hydrogen-bond donors (Lipinski definition) is 2. The molecule has 20 heavy (non-hydrogen) atoms. The Balaban J connectivity index is 2.58. The van der Waals surface area contributed by atoms with E-state index in [-0.39, 0.29) is 18.2 Å². The van der Waals surface area contributed by atoms with Crippen molar-refractivity contribution in [1.29, 1.82) is 0 Å². The zero-order chi connectivity index (χ0) is 15.1. The van der Waals surface area contributed by atoms with Crippen molar-refractivity contribution in [2.45, 2.75) is 40.0 Å². The van der Waals surface area contributed by atoms with Crippen LogP contribution in [0.5, 0.6) is 0 Å². The molecule has 1 amide bonds. The second kappa shape index (κ2) is 8.04. The van der Waals surface area contributed by atoms with Crippen molar-refractivity contribution < 1.29 is 14.7 Å². The Labute approximate surface area is 124 Å². The van der Waals surface area contributed by atoms with Crippen LogP contribution in [0.15, 0.2) is 11.4 Å². The Hall–Kier alpha value is -1.36. The molecular formula is C15H23NO3S. The molecule has 1 unspecified atom stereocenters. The highest BCUT2D eigenvalue weighted by molar-refractivity contribution is 7.12. The van der Waals surface area contributed by atoms with Crippen molar-refractivity contribution in [2.75, 3.05) is 6.54 Å². The van der Waals surface area contributed by atoms with Crippen LogP contribution in [-0.2, 0) is 11.2 Å². The van der Waals surface area contributed by atoms with Crippen LogP contribution >= 0.6 is 11.3 Å². The van der Waals surface area contributed by atoms with Crippen molar-refractivity contribution in [2.24, 2.45) is 11.8 Å². The summed E-state index contributed by atoms with van der Waals surface area (Å²) in [6.45, 7) is 6.56. The van der Waals surface area contributed by atoms with E-state index in [1.165, 1.54) is 11.3 Å². The summed E-state index contributed by atoms with van der Waals surface area (Å²) in [5, 5.41) is 13.7. The maximum Gasteiger partial charge on any atom is 0.303 e. The van der Waals surface area contributed by atoms with Gasteiger partial charge in [0.1, 0.15) is 0 Å². The summed E-state index contributed by atoms with van der Waals surface area (Å²) in [6.07, 6.45) is 1.73. The maximum absolute atomic E-state index is 12.1. The first-order chi connectivity index (χ1) is 9.43. The lowest BCUT2D eigenvalue weighted by Crippen LogP contribution is -2.31. The molecule has 1 atom stereocenters. The van der Waals surface area contributed by atoms with Gasteiger partial charge in [-0.15, -0.1) is 11.3 Å². The van der Waals surface area contributed by atoms with Crippen LogP contribution in [0.25, 0.3) is 0 Å². The molecule has 1 heterocycles. The number of carbonyl (C=O) groups excluding carboxylic acids is 1. The summed E-state index contributed by atoms with van der Waals surface area (Å²) >= 11 is 1.43. The van der Waals surface area contributed by atoms with E-state index in [0.717, 1.165) is 23.3 Å². The number of carboxylic acids is 1. The lowest BCUT2D eigenvalue weighted by Gasteiger charge is -2.17. The van der Waals surface area contributed by atoms with E-state index in [1.54, 1.807) is 0 Å². The van der Waals surface area contributed by atoms with Gasteiger partial charge in [-0.2, -0.15) is 0 Å². The van der Waals surface area contributed by atoms with Gasteiger partial charge in [-0.3, -0.25) is 9.59 Å². The Kier molecular flexibility index (Phi) is 6.71. The molecule has 5 heteroatoms.